The molecule has 1 atom stereocenters. The predicted molar refractivity (Wildman–Crippen MR) is 69.7 cm³/mol. The van der Waals surface area contributed by atoms with Gasteiger partial charge in [-0.25, -0.2) is 0 Å². The molecule has 1 saturated carbocycles. The van der Waals surface area contributed by atoms with E-state index in [1.165, 1.54) is 71.1 Å². The third-order valence-corrected chi connectivity index (χ3v) is 4.44. The van der Waals surface area contributed by atoms with E-state index in [0.717, 1.165) is 5.92 Å². The summed E-state index contributed by atoms with van der Waals surface area (Å²) in [6.45, 7) is 7.39. The SMILES string of the molecule is CC1(CNCC2CCCNC2)CCCCC1. The Balaban J connectivity index is 1.62. The highest BCUT2D eigenvalue weighted by Crippen LogP contribution is 2.34. The number of piperidine rings is 1. The molecule has 1 heterocycles. The quantitative estimate of drug-likeness (QED) is 0.767. The molecule has 16 heavy (non-hydrogen) atoms. The van der Waals surface area contributed by atoms with E-state index in [0.29, 0.717) is 5.41 Å². The molecular weight excluding hydrogens is 196 g/mol. The van der Waals surface area contributed by atoms with Crippen LogP contribution in [0.4, 0.5) is 0 Å². The summed E-state index contributed by atoms with van der Waals surface area (Å²) in [7, 11) is 0. The maximum Gasteiger partial charge on any atom is 0.000528 e. The molecule has 2 aliphatic rings. The third kappa shape index (κ3) is 3.74. The zero-order chi connectivity index (χ0) is 11.3. The first-order chi connectivity index (χ1) is 7.79. The smallest absolute Gasteiger partial charge is 0.000528 e. The van der Waals surface area contributed by atoms with Crippen molar-refractivity contribution in [3.63, 3.8) is 0 Å². The van der Waals surface area contributed by atoms with Crippen LogP contribution >= 0.6 is 0 Å². The Labute approximate surface area is 101 Å². The fourth-order valence-electron chi connectivity index (χ4n) is 3.26. The van der Waals surface area contributed by atoms with Gasteiger partial charge in [0.1, 0.15) is 0 Å². The minimum absolute atomic E-state index is 0.598. The van der Waals surface area contributed by atoms with E-state index in [-0.39, 0.29) is 0 Å². The lowest BCUT2D eigenvalue weighted by Gasteiger charge is -2.34. The number of hydrogen-bond acceptors (Lipinski definition) is 2. The van der Waals surface area contributed by atoms with Gasteiger partial charge < -0.3 is 10.6 Å². The van der Waals surface area contributed by atoms with E-state index < -0.39 is 0 Å². The summed E-state index contributed by atoms with van der Waals surface area (Å²) < 4.78 is 0. The molecule has 1 unspecified atom stereocenters. The molecule has 2 rings (SSSR count). The standard InChI is InChI=1S/C14H28N2/c1-14(7-3-2-4-8-14)12-16-11-13-6-5-9-15-10-13/h13,15-16H,2-12H2,1H3. The van der Waals surface area contributed by atoms with Crippen LogP contribution in [0.3, 0.4) is 0 Å². The van der Waals surface area contributed by atoms with Crippen LogP contribution < -0.4 is 10.6 Å². The lowest BCUT2D eigenvalue weighted by Crippen LogP contribution is -2.40. The molecule has 0 aromatic carbocycles. The second-order valence-corrected chi connectivity index (χ2v) is 6.21. The van der Waals surface area contributed by atoms with Crippen molar-refractivity contribution in [2.24, 2.45) is 11.3 Å². The van der Waals surface area contributed by atoms with Gasteiger partial charge in [-0.3, -0.25) is 0 Å². The van der Waals surface area contributed by atoms with E-state index in [4.69, 9.17) is 0 Å². The second-order valence-electron chi connectivity index (χ2n) is 6.21. The van der Waals surface area contributed by atoms with Gasteiger partial charge in [0.05, 0.1) is 0 Å². The van der Waals surface area contributed by atoms with Crippen molar-refractivity contribution in [2.75, 3.05) is 26.2 Å². The van der Waals surface area contributed by atoms with Crippen molar-refractivity contribution in [1.82, 2.24) is 10.6 Å². The number of hydrogen-bond donors (Lipinski definition) is 2. The van der Waals surface area contributed by atoms with Gasteiger partial charge in [0.25, 0.3) is 0 Å². The topological polar surface area (TPSA) is 24.1 Å². The van der Waals surface area contributed by atoms with Gasteiger partial charge in [-0.05, 0) is 56.7 Å². The molecule has 0 radical (unpaired) electrons. The van der Waals surface area contributed by atoms with E-state index in [9.17, 15) is 0 Å². The summed E-state index contributed by atoms with van der Waals surface area (Å²) in [4.78, 5) is 0. The summed E-state index contributed by atoms with van der Waals surface area (Å²) in [5, 5.41) is 7.22. The normalized spacial score (nSPS) is 30.2. The van der Waals surface area contributed by atoms with Gasteiger partial charge in [-0.2, -0.15) is 0 Å². The zero-order valence-corrected chi connectivity index (χ0v) is 10.9. The van der Waals surface area contributed by atoms with E-state index in [1.807, 2.05) is 0 Å². The molecule has 1 saturated heterocycles. The van der Waals surface area contributed by atoms with Crippen molar-refractivity contribution < 1.29 is 0 Å². The molecule has 1 aliphatic carbocycles. The Bertz CT molecular complexity index is 191. The highest BCUT2D eigenvalue weighted by Gasteiger charge is 2.26. The average molecular weight is 224 g/mol. The van der Waals surface area contributed by atoms with Crippen LogP contribution in [-0.2, 0) is 0 Å². The summed E-state index contributed by atoms with van der Waals surface area (Å²) >= 11 is 0. The Hall–Kier alpha value is -0.0800. The molecule has 2 N–H and O–H groups in total. The average Bonchev–Trinajstić information content (AvgIpc) is 2.31. The van der Waals surface area contributed by atoms with Crippen molar-refractivity contribution in [2.45, 2.75) is 51.9 Å². The fraction of sp³-hybridized carbons (Fsp3) is 1.00. The Morgan fingerprint density at radius 2 is 2.00 bits per heavy atom. The van der Waals surface area contributed by atoms with Crippen molar-refractivity contribution in [1.29, 1.82) is 0 Å². The minimum Gasteiger partial charge on any atom is -0.316 e. The van der Waals surface area contributed by atoms with Crippen LogP contribution in [0.1, 0.15) is 51.9 Å². The van der Waals surface area contributed by atoms with Gasteiger partial charge >= 0.3 is 0 Å². The molecule has 0 spiro atoms. The monoisotopic (exact) mass is 224 g/mol. The Morgan fingerprint density at radius 1 is 1.19 bits per heavy atom. The van der Waals surface area contributed by atoms with Crippen molar-refractivity contribution >= 4 is 0 Å². The second kappa shape index (κ2) is 6.02. The van der Waals surface area contributed by atoms with Crippen LogP contribution in [0.2, 0.25) is 0 Å². The van der Waals surface area contributed by atoms with Gasteiger partial charge in [0, 0.05) is 6.54 Å². The molecule has 2 nitrogen and oxygen atoms in total. The Morgan fingerprint density at radius 3 is 2.69 bits per heavy atom. The minimum atomic E-state index is 0.598. The molecule has 0 aromatic heterocycles. The van der Waals surface area contributed by atoms with Crippen LogP contribution in [0.15, 0.2) is 0 Å². The molecule has 94 valence electrons. The van der Waals surface area contributed by atoms with Gasteiger partial charge in [-0.1, -0.05) is 26.2 Å². The van der Waals surface area contributed by atoms with E-state index >= 15 is 0 Å². The first-order valence-electron chi connectivity index (χ1n) is 7.20. The van der Waals surface area contributed by atoms with Gasteiger partial charge in [-0.15, -0.1) is 0 Å². The summed E-state index contributed by atoms with van der Waals surface area (Å²) in [5.41, 5.74) is 0.598. The first kappa shape index (κ1) is 12.4. The maximum absolute atomic E-state index is 3.73. The molecule has 0 aromatic rings. The molecular formula is C14H28N2. The van der Waals surface area contributed by atoms with Crippen molar-refractivity contribution in [3.05, 3.63) is 0 Å². The lowest BCUT2D eigenvalue weighted by atomic mass is 9.75. The van der Waals surface area contributed by atoms with Crippen LogP contribution in [0.25, 0.3) is 0 Å². The number of rotatable bonds is 4. The third-order valence-electron chi connectivity index (χ3n) is 4.44. The summed E-state index contributed by atoms with van der Waals surface area (Å²) in [5.74, 6) is 0.876. The maximum atomic E-state index is 3.73. The first-order valence-corrected chi connectivity index (χ1v) is 7.20. The molecule has 2 fully saturated rings. The molecule has 0 amide bonds. The van der Waals surface area contributed by atoms with Crippen LogP contribution in [0, 0.1) is 11.3 Å². The highest BCUT2D eigenvalue weighted by molar-refractivity contribution is 4.81. The molecule has 0 bridgehead atoms. The summed E-state index contributed by atoms with van der Waals surface area (Å²) in [6, 6.07) is 0. The van der Waals surface area contributed by atoms with Gasteiger partial charge in [0.2, 0.25) is 0 Å². The summed E-state index contributed by atoms with van der Waals surface area (Å²) in [6.07, 6.45) is 10.0. The zero-order valence-electron chi connectivity index (χ0n) is 10.9. The Kier molecular flexibility index (Phi) is 4.66. The largest absolute Gasteiger partial charge is 0.316 e. The predicted octanol–water partition coefficient (Wildman–Crippen LogP) is 2.55. The molecule has 2 heteroatoms. The van der Waals surface area contributed by atoms with E-state index in [2.05, 4.69) is 17.6 Å². The van der Waals surface area contributed by atoms with Crippen LogP contribution in [-0.4, -0.2) is 26.2 Å². The van der Waals surface area contributed by atoms with Crippen molar-refractivity contribution in [3.8, 4) is 0 Å². The van der Waals surface area contributed by atoms with E-state index in [1.54, 1.807) is 0 Å². The fourth-order valence-corrected chi connectivity index (χ4v) is 3.26. The lowest BCUT2D eigenvalue weighted by molar-refractivity contribution is 0.202. The van der Waals surface area contributed by atoms with Gasteiger partial charge in [0.15, 0.2) is 0 Å². The molecule has 1 aliphatic heterocycles. The number of nitrogens with one attached hydrogen (secondary N) is 2. The highest BCUT2D eigenvalue weighted by atomic mass is 14.9. The van der Waals surface area contributed by atoms with Crippen LogP contribution in [0.5, 0.6) is 0 Å².